The second-order valence-electron chi connectivity index (χ2n) is 6.84. The SMILES string of the molecule is Cc1ccc(C)c(-c2ccc(-c3ccc(-c4ccccc4)cc3)cc2)c1. The van der Waals surface area contributed by atoms with Crippen molar-refractivity contribution in [2.24, 2.45) is 0 Å². The van der Waals surface area contributed by atoms with Gasteiger partial charge < -0.3 is 0 Å². The fourth-order valence-electron chi connectivity index (χ4n) is 3.37. The highest BCUT2D eigenvalue weighted by Gasteiger charge is 2.04. The van der Waals surface area contributed by atoms with E-state index in [9.17, 15) is 0 Å². The van der Waals surface area contributed by atoms with Crippen molar-refractivity contribution in [1.82, 2.24) is 0 Å². The molecule has 0 spiro atoms. The van der Waals surface area contributed by atoms with E-state index in [1.54, 1.807) is 0 Å². The molecule has 0 heterocycles. The van der Waals surface area contributed by atoms with Crippen molar-refractivity contribution in [3.63, 3.8) is 0 Å². The second-order valence-corrected chi connectivity index (χ2v) is 6.84. The Kier molecular flexibility index (Phi) is 4.41. The van der Waals surface area contributed by atoms with E-state index in [0.29, 0.717) is 0 Å². The molecule has 4 rings (SSSR count). The Morgan fingerprint density at radius 2 is 0.885 bits per heavy atom. The fourth-order valence-corrected chi connectivity index (χ4v) is 3.37. The van der Waals surface area contributed by atoms with Crippen molar-refractivity contribution in [3.8, 4) is 33.4 Å². The molecular weight excluding hydrogens is 312 g/mol. The van der Waals surface area contributed by atoms with Gasteiger partial charge in [0.1, 0.15) is 0 Å². The summed E-state index contributed by atoms with van der Waals surface area (Å²) in [5, 5.41) is 0. The zero-order valence-electron chi connectivity index (χ0n) is 15.2. The Balaban J connectivity index is 1.62. The van der Waals surface area contributed by atoms with Crippen molar-refractivity contribution in [2.75, 3.05) is 0 Å². The molecule has 4 aromatic rings. The highest BCUT2D eigenvalue weighted by molar-refractivity contribution is 5.74. The second kappa shape index (κ2) is 7.01. The zero-order chi connectivity index (χ0) is 17.9. The van der Waals surface area contributed by atoms with Gasteiger partial charge in [0, 0.05) is 0 Å². The molecule has 4 aromatic carbocycles. The topological polar surface area (TPSA) is 0 Å². The average molecular weight is 334 g/mol. The van der Waals surface area contributed by atoms with Crippen LogP contribution in [0.25, 0.3) is 33.4 Å². The summed E-state index contributed by atoms with van der Waals surface area (Å²) in [6.07, 6.45) is 0. The molecule has 0 unspecified atom stereocenters. The molecule has 0 heteroatoms. The smallest absolute Gasteiger partial charge is 0.0152 e. The quantitative estimate of drug-likeness (QED) is 0.368. The van der Waals surface area contributed by atoms with Gasteiger partial charge in [0.2, 0.25) is 0 Å². The molecule has 0 bridgehead atoms. The summed E-state index contributed by atoms with van der Waals surface area (Å²) in [5.74, 6) is 0. The average Bonchev–Trinajstić information content (AvgIpc) is 2.71. The van der Waals surface area contributed by atoms with E-state index in [2.05, 4.69) is 111 Å². The Morgan fingerprint density at radius 3 is 1.42 bits per heavy atom. The van der Waals surface area contributed by atoms with Crippen molar-refractivity contribution >= 4 is 0 Å². The third-order valence-corrected chi connectivity index (χ3v) is 4.91. The van der Waals surface area contributed by atoms with Gasteiger partial charge >= 0.3 is 0 Å². The lowest BCUT2D eigenvalue weighted by Gasteiger charge is -2.09. The Morgan fingerprint density at radius 1 is 0.423 bits per heavy atom. The molecule has 0 aromatic heterocycles. The van der Waals surface area contributed by atoms with Crippen LogP contribution in [0.4, 0.5) is 0 Å². The van der Waals surface area contributed by atoms with E-state index in [1.807, 2.05) is 0 Å². The van der Waals surface area contributed by atoms with Crippen LogP contribution in [0.5, 0.6) is 0 Å². The van der Waals surface area contributed by atoms with Gasteiger partial charge in [-0.2, -0.15) is 0 Å². The first-order valence-corrected chi connectivity index (χ1v) is 9.04. The van der Waals surface area contributed by atoms with Gasteiger partial charge in [-0.15, -0.1) is 0 Å². The van der Waals surface area contributed by atoms with Gasteiger partial charge in [0.05, 0.1) is 0 Å². The summed E-state index contributed by atoms with van der Waals surface area (Å²) < 4.78 is 0. The number of hydrogen-bond donors (Lipinski definition) is 0. The summed E-state index contributed by atoms with van der Waals surface area (Å²) in [6.45, 7) is 4.32. The first kappa shape index (κ1) is 16.4. The van der Waals surface area contributed by atoms with E-state index in [4.69, 9.17) is 0 Å². The molecule has 0 aliphatic rings. The molecule has 0 fully saturated rings. The summed E-state index contributed by atoms with van der Waals surface area (Å²) in [6, 6.07) is 34.8. The van der Waals surface area contributed by atoms with E-state index >= 15 is 0 Å². The lowest BCUT2D eigenvalue weighted by Crippen LogP contribution is -1.86. The molecule has 0 radical (unpaired) electrons. The van der Waals surface area contributed by atoms with Gasteiger partial charge in [0.25, 0.3) is 0 Å². The lowest BCUT2D eigenvalue weighted by molar-refractivity contribution is 1.39. The summed E-state index contributed by atoms with van der Waals surface area (Å²) in [4.78, 5) is 0. The molecule has 0 saturated heterocycles. The van der Waals surface area contributed by atoms with E-state index in [1.165, 1.54) is 44.5 Å². The minimum absolute atomic E-state index is 1.25. The Bertz CT molecular complexity index is 1010. The molecule has 0 nitrogen and oxygen atoms in total. The molecule has 0 atom stereocenters. The number of hydrogen-bond acceptors (Lipinski definition) is 0. The van der Waals surface area contributed by atoms with Gasteiger partial charge in [-0.05, 0) is 52.8 Å². The predicted octanol–water partition coefficient (Wildman–Crippen LogP) is 7.30. The van der Waals surface area contributed by atoms with E-state index in [0.717, 1.165) is 0 Å². The van der Waals surface area contributed by atoms with E-state index in [-0.39, 0.29) is 0 Å². The minimum Gasteiger partial charge on any atom is -0.0622 e. The Hall–Kier alpha value is -3.12. The third-order valence-electron chi connectivity index (χ3n) is 4.91. The monoisotopic (exact) mass is 334 g/mol. The first-order chi connectivity index (χ1) is 12.7. The van der Waals surface area contributed by atoms with Crippen LogP contribution in [-0.2, 0) is 0 Å². The van der Waals surface area contributed by atoms with Crippen molar-refractivity contribution < 1.29 is 0 Å². The highest BCUT2D eigenvalue weighted by atomic mass is 14.1. The normalized spacial score (nSPS) is 10.7. The molecule has 0 N–H and O–H groups in total. The maximum absolute atomic E-state index is 2.26. The lowest BCUT2D eigenvalue weighted by atomic mass is 9.95. The van der Waals surface area contributed by atoms with Crippen LogP contribution < -0.4 is 0 Å². The van der Waals surface area contributed by atoms with Crippen LogP contribution in [0.1, 0.15) is 11.1 Å². The van der Waals surface area contributed by atoms with Gasteiger partial charge in [-0.3, -0.25) is 0 Å². The van der Waals surface area contributed by atoms with Crippen molar-refractivity contribution in [2.45, 2.75) is 13.8 Å². The van der Waals surface area contributed by atoms with Crippen LogP contribution in [0, 0.1) is 13.8 Å². The van der Waals surface area contributed by atoms with Gasteiger partial charge in [0.15, 0.2) is 0 Å². The molecule has 0 saturated carbocycles. The van der Waals surface area contributed by atoms with Gasteiger partial charge in [-0.1, -0.05) is 103 Å². The molecule has 0 aliphatic heterocycles. The van der Waals surface area contributed by atoms with Crippen LogP contribution in [0.3, 0.4) is 0 Å². The van der Waals surface area contributed by atoms with Crippen LogP contribution >= 0.6 is 0 Å². The molecule has 0 amide bonds. The number of rotatable bonds is 3. The van der Waals surface area contributed by atoms with Gasteiger partial charge in [-0.25, -0.2) is 0 Å². The summed E-state index contributed by atoms with van der Waals surface area (Å²) in [5.41, 5.74) is 10.2. The predicted molar refractivity (Wildman–Crippen MR) is 112 cm³/mol. The summed E-state index contributed by atoms with van der Waals surface area (Å²) in [7, 11) is 0. The van der Waals surface area contributed by atoms with Crippen molar-refractivity contribution in [1.29, 1.82) is 0 Å². The number of benzene rings is 4. The minimum atomic E-state index is 1.25. The first-order valence-electron chi connectivity index (χ1n) is 9.04. The van der Waals surface area contributed by atoms with Crippen LogP contribution in [-0.4, -0.2) is 0 Å². The Labute approximate surface area is 155 Å². The molecule has 0 aliphatic carbocycles. The molecular formula is C26H22. The maximum atomic E-state index is 2.26. The standard InChI is InChI=1S/C26H22/c1-19-8-9-20(2)26(18-19)25-16-14-24(15-17-25)23-12-10-22(11-13-23)21-6-4-3-5-7-21/h3-18H,1-2H3. The van der Waals surface area contributed by atoms with Crippen LogP contribution in [0.15, 0.2) is 97.1 Å². The third kappa shape index (κ3) is 3.32. The fraction of sp³-hybridized carbons (Fsp3) is 0.0769. The van der Waals surface area contributed by atoms with Crippen LogP contribution in [0.2, 0.25) is 0 Å². The number of aryl methyl sites for hydroxylation is 2. The van der Waals surface area contributed by atoms with Crippen molar-refractivity contribution in [3.05, 3.63) is 108 Å². The molecule has 26 heavy (non-hydrogen) atoms. The maximum Gasteiger partial charge on any atom is -0.0152 e. The molecule has 126 valence electrons. The highest BCUT2D eigenvalue weighted by Crippen LogP contribution is 2.29. The summed E-state index contributed by atoms with van der Waals surface area (Å²) >= 11 is 0. The zero-order valence-corrected chi connectivity index (χ0v) is 15.2. The van der Waals surface area contributed by atoms with E-state index < -0.39 is 0 Å². The largest absolute Gasteiger partial charge is 0.0622 e.